The Morgan fingerprint density at radius 3 is 2.56 bits per heavy atom. The van der Waals surface area contributed by atoms with E-state index in [0.29, 0.717) is 30.3 Å². The van der Waals surface area contributed by atoms with Crippen molar-refractivity contribution in [2.24, 2.45) is 11.3 Å². The van der Waals surface area contributed by atoms with Crippen LogP contribution in [-0.2, 0) is 9.31 Å². The molecule has 0 bridgehead atoms. The van der Waals surface area contributed by atoms with Crippen LogP contribution in [0.5, 0.6) is 0 Å². The highest BCUT2D eigenvalue weighted by atomic mass is 16.6. The molecular formula is C18H27BN2O4. The third-order valence-electron chi connectivity index (χ3n) is 4.73. The lowest BCUT2D eigenvalue weighted by atomic mass is 9.75. The van der Waals surface area contributed by atoms with E-state index in [9.17, 15) is 10.1 Å². The van der Waals surface area contributed by atoms with Gasteiger partial charge in [0.05, 0.1) is 4.92 Å². The van der Waals surface area contributed by atoms with Gasteiger partial charge in [-0.25, -0.2) is 0 Å². The summed E-state index contributed by atoms with van der Waals surface area (Å²) in [5.41, 5.74) is 1.54. The first-order chi connectivity index (χ1) is 11.9. The maximum Gasteiger partial charge on any atom is 0.494 e. The summed E-state index contributed by atoms with van der Waals surface area (Å²) in [5.74, 6) is 0.679. The van der Waals surface area contributed by atoms with E-state index in [1.807, 2.05) is 12.1 Å². The molecule has 1 aliphatic carbocycles. The Bertz CT molecular complexity index is 624. The maximum atomic E-state index is 11.7. The minimum Gasteiger partial charge on any atom is -0.407 e. The predicted octanol–water partition coefficient (Wildman–Crippen LogP) is 2.99. The minimum absolute atomic E-state index is 0.0233. The highest BCUT2D eigenvalue weighted by Crippen LogP contribution is 2.34. The van der Waals surface area contributed by atoms with Crippen LogP contribution < -0.4 is 10.4 Å². The third-order valence-corrected chi connectivity index (χ3v) is 4.73. The second-order valence-electron chi connectivity index (χ2n) is 8.01. The summed E-state index contributed by atoms with van der Waals surface area (Å²) in [6, 6.07) is 5.38. The van der Waals surface area contributed by atoms with Crippen molar-refractivity contribution in [3.05, 3.63) is 28.3 Å². The van der Waals surface area contributed by atoms with Gasteiger partial charge in [0, 0.05) is 37.8 Å². The van der Waals surface area contributed by atoms with Crippen molar-refractivity contribution in [1.29, 1.82) is 0 Å². The van der Waals surface area contributed by atoms with Crippen molar-refractivity contribution in [3.63, 3.8) is 0 Å². The molecule has 0 radical (unpaired) electrons. The van der Waals surface area contributed by atoms with E-state index in [4.69, 9.17) is 9.31 Å². The van der Waals surface area contributed by atoms with Crippen LogP contribution in [0, 0.1) is 21.4 Å². The van der Waals surface area contributed by atoms with E-state index >= 15 is 0 Å². The van der Waals surface area contributed by atoms with Crippen molar-refractivity contribution in [2.45, 2.75) is 40.0 Å². The number of anilines is 1. The van der Waals surface area contributed by atoms with Crippen LogP contribution in [0.4, 0.5) is 11.4 Å². The van der Waals surface area contributed by atoms with Crippen LogP contribution in [0.25, 0.3) is 0 Å². The molecule has 1 heterocycles. The zero-order chi connectivity index (χ0) is 18.0. The monoisotopic (exact) mass is 346 g/mol. The molecule has 1 saturated carbocycles. The molecule has 0 unspecified atom stereocenters. The molecular weight excluding hydrogens is 319 g/mol. The summed E-state index contributed by atoms with van der Waals surface area (Å²) < 4.78 is 11.6. The molecule has 25 heavy (non-hydrogen) atoms. The number of hydrogen-bond acceptors (Lipinski definition) is 5. The van der Waals surface area contributed by atoms with E-state index in [0.717, 1.165) is 19.5 Å². The Balaban J connectivity index is 1.83. The summed E-state index contributed by atoms with van der Waals surface area (Å²) >= 11 is 0. The first-order valence-electron chi connectivity index (χ1n) is 9.16. The SMILES string of the molecule is CCCN(CC1CC1)c1ccc(B2OCC(C)(C)CO2)cc1[N+](=O)[O-]. The molecule has 1 saturated heterocycles. The van der Waals surface area contributed by atoms with E-state index in [1.165, 1.54) is 12.8 Å². The van der Waals surface area contributed by atoms with Gasteiger partial charge >= 0.3 is 7.12 Å². The summed E-state index contributed by atoms with van der Waals surface area (Å²) in [7, 11) is -0.524. The topological polar surface area (TPSA) is 64.8 Å². The fourth-order valence-corrected chi connectivity index (χ4v) is 3.18. The molecule has 1 aromatic carbocycles. The molecule has 0 atom stereocenters. The molecule has 0 N–H and O–H groups in total. The van der Waals surface area contributed by atoms with Gasteiger partial charge in [-0.1, -0.05) is 26.8 Å². The average molecular weight is 346 g/mol. The molecule has 6 nitrogen and oxygen atoms in total. The smallest absolute Gasteiger partial charge is 0.407 e. The van der Waals surface area contributed by atoms with Gasteiger partial charge in [-0.05, 0) is 36.7 Å². The number of nitrogens with zero attached hydrogens (tertiary/aromatic N) is 2. The fourth-order valence-electron chi connectivity index (χ4n) is 3.18. The maximum absolute atomic E-state index is 11.7. The van der Waals surface area contributed by atoms with Gasteiger partial charge in [-0.15, -0.1) is 0 Å². The van der Waals surface area contributed by atoms with Crippen molar-refractivity contribution in [2.75, 3.05) is 31.2 Å². The molecule has 0 spiro atoms. The number of nitro benzene ring substituents is 1. The molecule has 0 aromatic heterocycles. The Morgan fingerprint density at radius 2 is 2.00 bits per heavy atom. The van der Waals surface area contributed by atoms with Crippen molar-refractivity contribution < 1.29 is 14.2 Å². The summed E-state index contributed by atoms with van der Waals surface area (Å²) in [5, 5.41) is 11.7. The minimum atomic E-state index is -0.524. The summed E-state index contributed by atoms with van der Waals surface area (Å²) in [4.78, 5) is 13.5. The molecule has 136 valence electrons. The Morgan fingerprint density at radius 1 is 1.32 bits per heavy atom. The van der Waals surface area contributed by atoms with Gasteiger partial charge in [-0.3, -0.25) is 10.1 Å². The van der Waals surface area contributed by atoms with Crippen LogP contribution in [0.3, 0.4) is 0 Å². The molecule has 7 heteroatoms. The van der Waals surface area contributed by atoms with Crippen LogP contribution in [0.2, 0.25) is 0 Å². The Kier molecular flexibility index (Phi) is 5.34. The fraction of sp³-hybridized carbons (Fsp3) is 0.667. The van der Waals surface area contributed by atoms with E-state index in [-0.39, 0.29) is 16.0 Å². The first kappa shape index (κ1) is 18.2. The lowest BCUT2D eigenvalue weighted by molar-refractivity contribution is -0.384. The summed E-state index contributed by atoms with van der Waals surface area (Å²) in [6.07, 6.45) is 3.42. The zero-order valence-corrected chi connectivity index (χ0v) is 15.4. The number of hydrogen-bond donors (Lipinski definition) is 0. The number of rotatable bonds is 7. The van der Waals surface area contributed by atoms with Crippen LogP contribution in [0.1, 0.15) is 40.0 Å². The molecule has 0 amide bonds. The number of nitro groups is 1. The lowest BCUT2D eigenvalue weighted by Crippen LogP contribution is -2.47. The standard InChI is InChI=1S/C18H27BN2O4/c1-4-9-20(11-14-5-6-14)16-8-7-15(10-17(16)21(22)23)19-24-12-18(2,3)13-25-19/h7-8,10,14H,4-6,9,11-13H2,1-3H3. The molecule has 2 fully saturated rings. The third kappa shape index (κ3) is 4.52. The van der Waals surface area contributed by atoms with Crippen LogP contribution in [0.15, 0.2) is 18.2 Å². The van der Waals surface area contributed by atoms with Gasteiger partial charge in [0.25, 0.3) is 5.69 Å². The van der Waals surface area contributed by atoms with Gasteiger partial charge in [0.1, 0.15) is 5.69 Å². The van der Waals surface area contributed by atoms with Crippen molar-refractivity contribution in [3.8, 4) is 0 Å². The zero-order valence-electron chi connectivity index (χ0n) is 15.4. The normalized spacial score (nSPS) is 19.7. The second-order valence-corrected chi connectivity index (χ2v) is 8.01. The first-order valence-corrected chi connectivity index (χ1v) is 9.16. The van der Waals surface area contributed by atoms with Crippen LogP contribution >= 0.6 is 0 Å². The van der Waals surface area contributed by atoms with Gasteiger partial charge in [-0.2, -0.15) is 0 Å². The van der Waals surface area contributed by atoms with Gasteiger partial charge < -0.3 is 14.2 Å². The highest BCUT2D eigenvalue weighted by molar-refractivity contribution is 6.61. The molecule has 2 aliphatic rings. The molecule has 3 rings (SSSR count). The number of benzene rings is 1. The molecule has 1 aromatic rings. The predicted molar refractivity (Wildman–Crippen MR) is 99.4 cm³/mol. The lowest BCUT2D eigenvalue weighted by Gasteiger charge is -2.33. The van der Waals surface area contributed by atoms with Crippen molar-refractivity contribution in [1.82, 2.24) is 0 Å². The summed E-state index contributed by atoms with van der Waals surface area (Å²) in [6.45, 7) is 9.16. The van der Waals surface area contributed by atoms with Crippen molar-refractivity contribution >= 4 is 24.0 Å². The van der Waals surface area contributed by atoms with E-state index in [1.54, 1.807) is 6.07 Å². The molecule has 1 aliphatic heterocycles. The average Bonchev–Trinajstić information content (AvgIpc) is 3.38. The highest BCUT2D eigenvalue weighted by Gasteiger charge is 2.35. The van der Waals surface area contributed by atoms with E-state index in [2.05, 4.69) is 25.7 Å². The Labute approximate surface area is 149 Å². The Hall–Kier alpha value is -1.60. The van der Waals surface area contributed by atoms with E-state index < -0.39 is 7.12 Å². The van der Waals surface area contributed by atoms with Crippen LogP contribution in [-0.4, -0.2) is 38.3 Å². The quantitative estimate of drug-likeness (QED) is 0.431. The van der Waals surface area contributed by atoms with Gasteiger partial charge in [0.2, 0.25) is 0 Å². The van der Waals surface area contributed by atoms with Gasteiger partial charge in [0.15, 0.2) is 0 Å². The second kappa shape index (κ2) is 7.34. The largest absolute Gasteiger partial charge is 0.494 e.